The molecule has 0 amide bonds. The van der Waals surface area contributed by atoms with Gasteiger partial charge in [-0.2, -0.15) is 0 Å². The van der Waals surface area contributed by atoms with Gasteiger partial charge in [0, 0.05) is 24.4 Å². The smallest absolute Gasteiger partial charge is 0.379 e. The van der Waals surface area contributed by atoms with E-state index in [1.54, 1.807) is 0 Å². The molecule has 3 heterocycles. The van der Waals surface area contributed by atoms with Gasteiger partial charge in [-0.25, -0.2) is 0 Å². The second-order valence-electron chi connectivity index (χ2n) is 8.79. The van der Waals surface area contributed by atoms with Crippen molar-refractivity contribution in [1.82, 2.24) is 0 Å². The van der Waals surface area contributed by atoms with Crippen molar-refractivity contribution in [1.29, 1.82) is 0 Å². The largest absolute Gasteiger partial charge is 0.680 e. The molecule has 176 valence electrons. The van der Waals surface area contributed by atoms with Crippen LogP contribution in [0.2, 0.25) is 0 Å². The molecule has 0 spiro atoms. The Morgan fingerprint density at radius 1 is 0.667 bits per heavy atom. The molecule has 0 aromatic heterocycles. The second kappa shape index (κ2) is 12.2. The maximum atomic E-state index is 6.22. The van der Waals surface area contributed by atoms with Gasteiger partial charge in [-0.15, -0.1) is 0 Å². The van der Waals surface area contributed by atoms with Gasteiger partial charge in [0.05, 0.1) is 71.2 Å². The Labute approximate surface area is 182 Å². The summed E-state index contributed by atoms with van der Waals surface area (Å²) < 4.78 is 47.3. The molecular formula is C21H40O8Si. The lowest BCUT2D eigenvalue weighted by Gasteiger charge is -2.40. The van der Waals surface area contributed by atoms with Gasteiger partial charge in [0.2, 0.25) is 0 Å². The third kappa shape index (κ3) is 6.95. The fourth-order valence-electron chi connectivity index (χ4n) is 3.29. The minimum absolute atomic E-state index is 0.0474. The van der Waals surface area contributed by atoms with E-state index in [0.717, 1.165) is 39.3 Å². The fourth-order valence-corrected chi connectivity index (χ4v) is 5.23. The molecule has 0 aromatic rings. The molecule has 0 aliphatic carbocycles. The normalized spacial score (nSPS) is 35.2. The van der Waals surface area contributed by atoms with Gasteiger partial charge >= 0.3 is 9.05 Å². The van der Waals surface area contributed by atoms with E-state index in [-0.39, 0.29) is 18.3 Å². The minimum atomic E-state index is -3.41. The summed E-state index contributed by atoms with van der Waals surface area (Å²) in [6.45, 7) is 13.6. The SMILES string of the molecule is CCCCOCCO[Si](OCC1OCC1C)(OCC1OCC1C)OCC1OCC1C. The molecule has 3 fully saturated rings. The van der Waals surface area contributed by atoms with Crippen molar-refractivity contribution in [2.24, 2.45) is 17.8 Å². The van der Waals surface area contributed by atoms with E-state index in [2.05, 4.69) is 27.7 Å². The van der Waals surface area contributed by atoms with Crippen LogP contribution in [0.1, 0.15) is 40.5 Å². The van der Waals surface area contributed by atoms with E-state index in [4.69, 9.17) is 36.7 Å². The van der Waals surface area contributed by atoms with Gasteiger partial charge in [0.25, 0.3) is 0 Å². The lowest BCUT2D eigenvalue weighted by atomic mass is 10.0. The van der Waals surface area contributed by atoms with Gasteiger partial charge in [0.1, 0.15) is 0 Å². The van der Waals surface area contributed by atoms with Crippen LogP contribution in [0.4, 0.5) is 0 Å². The van der Waals surface area contributed by atoms with Crippen LogP contribution in [0.5, 0.6) is 0 Å². The van der Waals surface area contributed by atoms with E-state index in [0.29, 0.717) is 50.8 Å². The zero-order valence-corrected chi connectivity index (χ0v) is 20.0. The van der Waals surface area contributed by atoms with Gasteiger partial charge in [-0.1, -0.05) is 34.1 Å². The predicted octanol–water partition coefficient (Wildman–Crippen LogP) is 2.41. The quantitative estimate of drug-likeness (QED) is 0.263. The third-order valence-corrected chi connectivity index (χ3v) is 8.16. The van der Waals surface area contributed by atoms with E-state index >= 15 is 0 Å². The molecule has 30 heavy (non-hydrogen) atoms. The maximum absolute atomic E-state index is 6.22. The van der Waals surface area contributed by atoms with Gasteiger partial charge in [0.15, 0.2) is 0 Å². The summed E-state index contributed by atoms with van der Waals surface area (Å²) in [5.74, 6) is 1.37. The topological polar surface area (TPSA) is 73.8 Å². The van der Waals surface area contributed by atoms with Crippen LogP contribution in [0.25, 0.3) is 0 Å². The minimum Gasteiger partial charge on any atom is -0.379 e. The average molecular weight is 449 g/mol. The number of rotatable bonds is 16. The van der Waals surface area contributed by atoms with Crippen molar-refractivity contribution < 1.29 is 36.7 Å². The number of hydrogen-bond acceptors (Lipinski definition) is 8. The van der Waals surface area contributed by atoms with Crippen molar-refractivity contribution >= 4 is 9.05 Å². The van der Waals surface area contributed by atoms with Crippen molar-refractivity contribution in [3.05, 3.63) is 0 Å². The van der Waals surface area contributed by atoms with Crippen LogP contribution in [0.3, 0.4) is 0 Å². The van der Waals surface area contributed by atoms with Crippen molar-refractivity contribution in [2.45, 2.75) is 58.8 Å². The Hall–Kier alpha value is -0.103. The molecular weight excluding hydrogens is 408 g/mol. The Bertz CT molecular complexity index is 441. The lowest BCUT2D eigenvalue weighted by Crippen LogP contribution is -2.57. The Morgan fingerprint density at radius 3 is 1.47 bits per heavy atom. The Balaban J connectivity index is 1.56. The summed E-state index contributed by atoms with van der Waals surface area (Å²) in [4.78, 5) is 0. The zero-order chi connectivity index (χ0) is 21.4. The summed E-state index contributed by atoms with van der Waals surface area (Å²) in [5, 5.41) is 0. The number of hydrogen-bond donors (Lipinski definition) is 0. The Morgan fingerprint density at radius 2 is 1.13 bits per heavy atom. The van der Waals surface area contributed by atoms with Crippen LogP contribution in [-0.2, 0) is 36.7 Å². The number of unbranched alkanes of at least 4 members (excludes halogenated alkanes) is 1. The summed E-state index contributed by atoms with van der Waals surface area (Å²) in [5.41, 5.74) is 0. The molecule has 8 nitrogen and oxygen atoms in total. The third-order valence-electron chi connectivity index (χ3n) is 6.05. The first-order chi connectivity index (χ1) is 14.5. The molecule has 0 saturated carbocycles. The van der Waals surface area contributed by atoms with Crippen LogP contribution >= 0.6 is 0 Å². The highest BCUT2D eigenvalue weighted by molar-refractivity contribution is 6.53. The van der Waals surface area contributed by atoms with E-state index in [9.17, 15) is 0 Å². The van der Waals surface area contributed by atoms with E-state index in [1.807, 2.05) is 0 Å². The van der Waals surface area contributed by atoms with Crippen LogP contribution in [-0.4, -0.2) is 86.8 Å². The first-order valence-corrected chi connectivity index (χ1v) is 13.1. The summed E-state index contributed by atoms with van der Waals surface area (Å²) >= 11 is 0. The summed E-state index contributed by atoms with van der Waals surface area (Å²) in [6.07, 6.45) is 2.29. The fraction of sp³-hybridized carbons (Fsp3) is 1.00. The van der Waals surface area contributed by atoms with Crippen molar-refractivity contribution in [3.63, 3.8) is 0 Å². The molecule has 6 atom stereocenters. The molecule has 0 aromatic carbocycles. The molecule has 0 radical (unpaired) electrons. The molecule has 3 aliphatic rings. The zero-order valence-electron chi connectivity index (χ0n) is 19.0. The predicted molar refractivity (Wildman–Crippen MR) is 112 cm³/mol. The van der Waals surface area contributed by atoms with Gasteiger partial charge in [-0.3, -0.25) is 0 Å². The number of ether oxygens (including phenoxy) is 4. The highest BCUT2D eigenvalue weighted by Gasteiger charge is 2.50. The van der Waals surface area contributed by atoms with E-state index < -0.39 is 9.05 Å². The highest BCUT2D eigenvalue weighted by Crippen LogP contribution is 2.27. The first-order valence-electron chi connectivity index (χ1n) is 11.5. The van der Waals surface area contributed by atoms with Crippen molar-refractivity contribution in [2.75, 3.05) is 59.5 Å². The van der Waals surface area contributed by atoms with Crippen LogP contribution in [0.15, 0.2) is 0 Å². The standard InChI is InChI=1S/C21H40O8Si/c1-5-6-7-22-8-9-26-30(27-13-19-16(2)10-23-19,28-14-20-17(3)11-24-20)29-15-21-18(4)12-25-21/h16-21H,5-15H2,1-4H3. The van der Waals surface area contributed by atoms with Crippen molar-refractivity contribution in [3.8, 4) is 0 Å². The summed E-state index contributed by atoms with van der Waals surface area (Å²) in [6, 6.07) is 0. The van der Waals surface area contributed by atoms with Crippen LogP contribution < -0.4 is 0 Å². The Kier molecular flexibility index (Phi) is 10.00. The molecule has 0 bridgehead atoms. The molecule has 3 saturated heterocycles. The summed E-state index contributed by atoms with van der Waals surface area (Å²) in [7, 11) is -3.41. The van der Waals surface area contributed by atoms with Crippen LogP contribution in [0, 0.1) is 17.8 Å². The first kappa shape index (κ1) is 24.5. The lowest BCUT2D eigenvalue weighted by molar-refractivity contribution is -0.174. The molecule has 3 aliphatic heterocycles. The molecule has 6 unspecified atom stereocenters. The molecule has 3 rings (SSSR count). The maximum Gasteiger partial charge on any atom is 0.680 e. The highest BCUT2D eigenvalue weighted by atomic mass is 28.4. The van der Waals surface area contributed by atoms with Gasteiger partial charge < -0.3 is 36.7 Å². The monoisotopic (exact) mass is 448 g/mol. The van der Waals surface area contributed by atoms with E-state index in [1.165, 1.54) is 0 Å². The van der Waals surface area contributed by atoms with Gasteiger partial charge in [-0.05, 0) is 6.42 Å². The second-order valence-corrected chi connectivity index (χ2v) is 10.9. The molecule has 9 heteroatoms. The molecule has 0 N–H and O–H groups in total. The average Bonchev–Trinajstić information content (AvgIpc) is 2.73.